The highest BCUT2D eigenvalue weighted by molar-refractivity contribution is 7.25. The molecule has 0 amide bonds. The van der Waals surface area contributed by atoms with E-state index in [-0.39, 0.29) is 88.4 Å². The van der Waals surface area contributed by atoms with Crippen molar-refractivity contribution in [1.29, 1.82) is 0 Å². The Bertz CT molecular complexity index is 3940. The lowest BCUT2D eigenvalue weighted by molar-refractivity contribution is 1.07. The molecular formula is C45H28N4S. The highest BCUT2D eigenvalue weighted by Gasteiger charge is 2.17. The van der Waals surface area contributed by atoms with E-state index in [2.05, 4.69) is 4.98 Å². The summed E-state index contributed by atoms with van der Waals surface area (Å²) in [5.41, 5.74) is -0.850. The Morgan fingerprint density at radius 2 is 1.08 bits per heavy atom. The number of thiophene rings is 1. The van der Waals surface area contributed by atoms with Crippen LogP contribution in [0.3, 0.4) is 0 Å². The van der Waals surface area contributed by atoms with Crippen LogP contribution in [0.5, 0.6) is 0 Å². The van der Waals surface area contributed by atoms with Crippen molar-refractivity contribution in [2.24, 2.45) is 0 Å². The summed E-state index contributed by atoms with van der Waals surface area (Å²) in [5.74, 6) is -0.187. The molecule has 50 heavy (non-hydrogen) atoms. The Morgan fingerprint density at radius 3 is 1.94 bits per heavy atom. The van der Waals surface area contributed by atoms with Crippen LogP contribution in [-0.2, 0) is 0 Å². The van der Waals surface area contributed by atoms with Gasteiger partial charge in [0, 0.05) is 53.3 Å². The van der Waals surface area contributed by atoms with Crippen LogP contribution >= 0.6 is 11.3 Å². The van der Waals surface area contributed by atoms with Gasteiger partial charge < -0.3 is 4.57 Å². The van der Waals surface area contributed by atoms with Gasteiger partial charge in [0.1, 0.15) is 0 Å². The molecule has 3 aromatic heterocycles. The van der Waals surface area contributed by atoms with Gasteiger partial charge >= 0.3 is 0 Å². The Morgan fingerprint density at radius 1 is 0.440 bits per heavy atom. The summed E-state index contributed by atoms with van der Waals surface area (Å²) >= 11 is 0.879. The molecule has 0 fully saturated rings. The molecule has 234 valence electrons. The molecule has 10 aromatic rings. The van der Waals surface area contributed by atoms with Gasteiger partial charge in [0.2, 0.25) is 0 Å². The molecule has 5 heteroatoms. The summed E-state index contributed by atoms with van der Waals surface area (Å²) in [5, 5.41) is -0.423. The van der Waals surface area contributed by atoms with Crippen LogP contribution in [0.4, 0.5) is 0 Å². The second-order valence-electron chi connectivity index (χ2n) is 11.0. The Hall–Kier alpha value is -6.43. The largest absolute Gasteiger partial charge is 0.309 e. The van der Waals surface area contributed by atoms with E-state index in [1.54, 1.807) is 42.5 Å². The molecule has 4 nitrogen and oxygen atoms in total. The third-order valence-corrected chi connectivity index (χ3v) is 9.07. The maximum Gasteiger partial charge on any atom is 0.164 e. The molecule has 0 saturated heterocycles. The molecule has 3 heterocycles. The summed E-state index contributed by atoms with van der Waals surface area (Å²) < 4.78 is 169. The lowest BCUT2D eigenvalue weighted by Gasteiger charge is -2.12. The highest BCUT2D eigenvalue weighted by Crippen LogP contribution is 2.38. The summed E-state index contributed by atoms with van der Waals surface area (Å²) in [6, 6.07) is 3.70. The van der Waals surface area contributed by atoms with Gasteiger partial charge in [-0.3, -0.25) is 0 Å². The fourth-order valence-electron chi connectivity index (χ4n) is 5.80. The number of aromatic nitrogens is 4. The van der Waals surface area contributed by atoms with Gasteiger partial charge in [-0.05, 0) is 47.4 Å². The molecule has 0 bridgehead atoms. The van der Waals surface area contributed by atoms with Gasteiger partial charge in [-0.1, -0.05) is 133 Å². The average molecular weight is 676 g/mol. The van der Waals surface area contributed by atoms with Crippen LogP contribution in [0.2, 0.25) is 0 Å². The fraction of sp³-hybridized carbons (Fsp3) is 0. The van der Waals surface area contributed by atoms with Crippen molar-refractivity contribution in [1.82, 2.24) is 19.5 Å². The van der Waals surface area contributed by atoms with Crippen molar-refractivity contribution in [2.45, 2.75) is 0 Å². The van der Waals surface area contributed by atoms with Crippen LogP contribution in [0, 0.1) is 0 Å². The first-order valence-electron chi connectivity index (χ1n) is 24.7. The number of rotatable bonds is 5. The monoisotopic (exact) mass is 675 g/mol. The van der Waals surface area contributed by atoms with Crippen molar-refractivity contribution in [3.8, 4) is 51.0 Å². The summed E-state index contributed by atoms with van der Waals surface area (Å²) in [7, 11) is 0. The molecule has 0 saturated carbocycles. The van der Waals surface area contributed by atoms with Gasteiger partial charge in [-0.2, -0.15) is 0 Å². The minimum atomic E-state index is -0.747. The first-order valence-corrected chi connectivity index (χ1v) is 16.0. The molecule has 0 radical (unpaired) electrons. The van der Waals surface area contributed by atoms with Crippen molar-refractivity contribution in [3.63, 3.8) is 0 Å². The second kappa shape index (κ2) is 11.6. The fourth-order valence-corrected chi connectivity index (χ4v) is 6.77. The molecule has 0 atom stereocenters. The molecule has 0 N–H and O–H groups in total. The number of hydrogen-bond donors (Lipinski definition) is 0. The number of benzene rings is 7. The smallest absolute Gasteiger partial charge is 0.164 e. The van der Waals surface area contributed by atoms with Gasteiger partial charge in [0.25, 0.3) is 0 Å². The lowest BCUT2D eigenvalue weighted by Crippen LogP contribution is -2.01. The number of nitrogens with zero attached hydrogens (tertiary/aromatic N) is 4. The minimum Gasteiger partial charge on any atom is -0.309 e. The first-order chi connectivity index (χ1) is 32.7. The molecule has 0 unspecified atom stereocenters. The summed E-state index contributed by atoms with van der Waals surface area (Å²) in [6.07, 6.45) is 0. The molecule has 0 spiro atoms. The van der Waals surface area contributed by atoms with Crippen molar-refractivity contribution in [2.75, 3.05) is 0 Å². The Kier molecular flexibility index (Phi) is 3.58. The molecular weight excluding hydrogens is 629 g/mol. The van der Waals surface area contributed by atoms with Crippen LogP contribution < -0.4 is 0 Å². The normalized spacial score (nSPS) is 16.9. The number of hydrogen-bond acceptors (Lipinski definition) is 4. The zero-order valence-electron chi connectivity index (χ0n) is 44.4. The van der Waals surface area contributed by atoms with E-state index in [0.717, 1.165) is 11.3 Å². The van der Waals surface area contributed by atoms with E-state index in [9.17, 15) is 5.48 Å². The Balaban J connectivity index is 1.28. The lowest BCUT2D eigenvalue weighted by atomic mass is 10.0. The molecule has 0 aliphatic carbocycles. The third-order valence-electron chi connectivity index (χ3n) is 8.05. The van der Waals surface area contributed by atoms with Gasteiger partial charge in [0.15, 0.2) is 17.5 Å². The number of fused-ring (bicyclic) bond motifs is 6. The predicted octanol–water partition coefficient (Wildman–Crippen LogP) is 12.0. The SMILES string of the molecule is [2H]c1c([2H])c([2H])c(-c2c([2H])c([2H])c3c4c([2H])c([2H])c([2H])c([2H])c4n(-c4cccc(-c5nc(-c6ccccc6)nc(-c6c([2H])c([2H])c7c(sc8c([2H])c([2H])c([2H])c([2H])c87)c6[2H])n5)c4)c3c2[2H])c([2H])c1[2H]. The van der Waals surface area contributed by atoms with Crippen LogP contribution in [0.1, 0.15) is 26.0 Å². The Labute approximate surface area is 319 Å². The van der Waals surface area contributed by atoms with Gasteiger partial charge in [-0.25, -0.2) is 15.0 Å². The zero-order chi connectivity index (χ0) is 49.6. The van der Waals surface area contributed by atoms with Crippen LogP contribution in [0.25, 0.3) is 93.0 Å². The molecule has 7 aromatic carbocycles. The predicted molar refractivity (Wildman–Crippen MR) is 209 cm³/mol. The van der Waals surface area contributed by atoms with E-state index in [1.807, 2.05) is 0 Å². The van der Waals surface area contributed by atoms with E-state index in [1.165, 1.54) is 16.7 Å². The van der Waals surface area contributed by atoms with Crippen molar-refractivity contribution < 1.29 is 26.0 Å². The quantitative estimate of drug-likeness (QED) is 0.182. The minimum absolute atomic E-state index is 0.00651. The van der Waals surface area contributed by atoms with Gasteiger partial charge in [0.05, 0.1) is 37.1 Å². The topological polar surface area (TPSA) is 43.6 Å². The maximum atomic E-state index is 9.63. The van der Waals surface area contributed by atoms with E-state index in [4.69, 9.17) is 30.5 Å². The summed E-state index contributed by atoms with van der Waals surface area (Å²) in [6.45, 7) is 0. The second-order valence-corrected chi connectivity index (χ2v) is 12.0. The standard InChI is InChI=1S/C45H28N4S/c1-3-12-29(13-4-1)31-22-24-36-35-18-7-9-20-39(35)49(40(36)27-31)34-17-11-16-32(26-34)44-46-43(30-14-5-2-6-15-30)47-45(48-44)33-23-25-38-37-19-8-10-21-41(37)50-42(38)28-33/h1-28H/i1D,3D,4D,7D,8D,9D,10D,12D,13D,18D,19D,20D,21D,22D,23D,24D,25D,27D,28D. The van der Waals surface area contributed by atoms with Crippen molar-refractivity contribution in [3.05, 3.63) is 169 Å². The molecule has 10 rings (SSSR count). The van der Waals surface area contributed by atoms with E-state index in [0.29, 0.717) is 5.56 Å². The molecule has 0 aliphatic rings. The zero-order valence-corrected chi connectivity index (χ0v) is 26.2. The maximum absolute atomic E-state index is 9.63. The van der Waals surface area contributed by atoms with E-state index < -0.39 is 114 Å². The van der Waals surface area contributed by atoms with E-state index >= 15 is 0 Å². The van der Waals surface area contributed by atoms with Crippen molar-refractivity contribution >= 4 is 53.3 Å². The van der Waals surface area contributed by atoms with Crippen LogP contribution in [0.15, 0.2) is 169 Å². The number of para-hydroxylation sites is 1. The third kappa shape index (κ3) is 4.79. The molecule has 0 aliphatic heterocycles. The van der Waals surface area contributed by atoms with Gasteiger partial charge in [-0.15, -0.1) is 11.3 Å². The van der Waals surface area contributed by atoms with Crippen LogP contribution in [-0.4, -0.2) is 19.5 Å². The average Bonchev–Trinajstić information content (AvgIpc) is 3.94. The highest BCUT2D eigenvalue weighted by atomic mass is 32.1. The summed E-state index contributed by atoms with van der Waals surface area (Å²) in [4.78, 5) is 14.2. The first kappa shape index (κ1) is 15.4.